The number of hydrogen-bond acceptors (Lipinski definition) is 1. The second kappa shape index (κ2) is 3.59. The van der Waals surface area contributed by atoms with E-state index in [0.29, 0.717) is 0 Å². The highest BCUT2D eigenvalue weighted by Crippen LogP contribution is 2.29. The van der Waals surface area contributed by atoms with Crippen LogP contribution in [0.25, 0.3) is 0 Å². The van der Waals surface area contributed by atoms with Crippen molar-refractivity contribution in [2.75, 3.05) is 0 Å². The molecule has 0 saturated heterocycles. The van der Waals surface area contributed by atoms with Crippen LogP contribution in [0.2, 0.25) is 0 Å². The SMILES string of the molecule is O=C(Cl)[C@H]1CCCC[C@H]1Cl. The highest BCUT2D eigenvalue weighted by molar-refractivity contribution is 6.64. The molecule has 1 rings (SSSR count). The Bertz CT molecular complexity index is 136. The Labute approximate surface area is 70.7 Å². The van der Waals surface area contributed by atoms with E-state index in [9.17, 15) is 4.79 Å². The van der Waals surface area contributed by atoms with Crippen LogP contribution >= 0.6 is 23.2 Å². The average molecular weight is 181 g/mol. The van der Waals surface area contributed by atoms with Gasteiger partial charge in [0.1, 0.15) is 0 Å². The highest BCUT2D eigenvalue weighted by atomic mass is 35.5. The van der Waals surface area contributed by atoms with Gasteiger partial charge in [0.25, 0.3) is 0 Å². The quantitative estimate of drug-likeness (QED) is 0.448. The van der Waals surface area contributed by atoms with E-state index in [4.69, 9.17) is 23.2 Å². The smallest absolute Gasteiger partial charge is 0.226 e. The lowest BCUT2D eigenvalue weighted by Gasteiger charge is -2.23. The molecule has 0 spiro atoms. The fourth-order valence-corrected chi connectivity index (χ4v) is 2.06. The lowest BCUT2D eigenvalue weighted by Crippen LogP contribution is -2.24. The van der Waals surface area contributed by atoms with Crippen LogP contribution in [0.1, 0.15) is 25.7 Å². The van der Waals surface area contributed by atoms with Crippen LogP contribution in [0.4, 0.5) is 0 Å². The van der Waals surface area contributed by atoms with Gasteiger partial charge in [0.05, 0.1) is 0 Å². The van der Waals surface area contributed by atoms with Gasteiger partial charge >= 0.3 is 0 Å². The Morgan fingerprint density at radius 1 is 1.30 bits per heavy atom. The van der Waals surface area contributed by atoms with Crippen molar-refractivity contribution in [2.24, 2.45) is 5.92 Å². The van der Waals surface area contributed by atoms with Crippen molar-refractivity contribution in [3.05, 3.63) is 0 Å². The molecule has 0 unspecified atom stereocenters. The van der Waals surface area contributed by atoms with Crippen molar-refractivity contribution in [2.45, 2.75) is 31.1 Å². The molecule has 2 atom stereocenters. The summed E-state index contributed by atoms with van der Waals surface area (Å²) in [7, 11) is 0. The molecule has 58 valence electrons. The molecule has 10 heavy (non-hydrogen) atoms. The molecule has 0 radical (unpaired) electrons. The summed E-state index contributed by atoms with van der Waals surface area (Å²) in [6.07, 6.45) is 4.03. The van der Waals surface area contributed by atoms with Crippen molar-refractivity contribution in [3.8, 4) is 0 Å². The summed E-state index contributed by atoms with van der Waals surface area (Å²) in [5, 5.41) is -0.279. The minimum atomic E-state index is -0.264. The predicted octanol–water partition coefficient (Wildman–Crippen LogP) is 2.55. The lowest BCUT2D eigenvalue weighted by atomic mass is 9.90. The van der Waals surface area contributed by atoms with Crippen molar-refractivity contribution < 1.29 is 4.79 Å². The zero-order valence-electron chi connectivity index (χ0n) is 5.65. The normalized spacial score (nSPS) is 33.8. The Hall–Kier alpha value is 0.250. The summed E-state index contributed by atoms with van der Waals surface area (Å²) >= 11 is 11.2. The van der Waals surface area contributed by atoms with E-state index in [-0.39, 0.29) is 16.5 Å². The van der Waals surface area contributed by atoms with Gasteiger partial charge in [0, 0.05) is 11.3 Å². The summed E-state index contributed by atoms with van der Waals surface area (Å²) in [6.45, 7) is 0. The van der Waals surface area contributed by atoms with Crippen molar-refractivity contribution in [3.63, 3.8) is 0 Å². The molecule has 0 aromatic heterocycles. The monoisotopic (exact) mass is 180 g/mol. The third-order valence-corrected chi connectivity index (χ3v) is 2.78. The van der Waals surface area contributed by atoms with E-state index in [1.165, 1.54) is 0 Å². The number of rotatable bonds is 1. The van der Waals surface area contributed by atoms with Crippen molar-refractivity contribution in [1.82, 2.24) is 0 Å². The zero-order valence-corrected chi connectivity index (χ0v) is 7.16. The van der Waals surface area contributed by atoms with E-state index in [1.807, 2.05) is 0 Å². The van der Waals surface area contributed by atoms with Gasteiger partial charge in [-0.25, -0.2) is 0 Å². The first-order chi connectivity index (χ1) is 4.72. The summed E-state index contributed by atoms with van der Waals surface area (Å²) in [6, 6.07) is 0. The van der Waals surface area contributed by atoms with Crippen LogP contribution in [0.5, 0.6) is 0 Å². The van der Waals surface area contributed by atoms with E-state index < -0.39 is 0 Å². The number of carbonyl (C=O) groups excluding carboxylic acids is 1. The molecule has 0 N–H and O–H groups in total. The minimum absolute atomic E-state index is 0.0150. The molecule has 1 aliphatic carbocycles. The maximum atomic E-state index is 10.7. The molecule has 1 fully saturated rings. The van der Waals surface area contributed by atoms with Gasteiger partial charge in [-0.2, -0.15) is 0 Å². The van der Waals surface area contributed by atoms with Gasteiger partial charge in [-0.15, -0.1) is 11.6 Å². The number of hydrogen-bond donors (Lipinski definition) is 0. The maximum absolute atomic E-state index is 10.7. The average Bonchev–Trinajstić information content (AvgIpc) is 1.88. The fourth-order valence-electron chi connectivity index (χ4n) is 1.34. The van der Waals surface area contributed by atoms with Gasteiger partial charge in [-0.3, -0.25) is 4.79 Å². The molecule has 0 bridgehead atoms. The Morgan fingerprint density at radius 3 is 2.30 bits per heavy atom. The number of alkyl halides is 1. The van der Waals surface area contributed by atoms with Gasteiger partial charge in [0.15, 0.2) is 0 Å². The van der Waals surface area contributed by atoms with E-state index >= 15 is 0 Å². The molecule has 0 aromatic carbocycles. The second-order valence-electron chi connectivity index (χ2n) is 2.71. The Kier molecular flexibility index (Phi) is 2.99. The molecule has 1 aliphatic rings. The third kappa shape index (κ3) is 1.86. The van der Waals surface area contributed by atoms with Gasteiger partial charge in [0.2, 0.25) is 5.24 Å². The number of halogens is 2. The minimum Gasteiger partial charge on any atom is -0.281 e. The van der Waals surface area contributed by atoms with E-state index in [1.54, 1.807) is 0 Å². The maximum Gasteiger partial charge on any atom is 0.226 e. The van der Waals surface area contributed by atoms with Crippen LogP contribution in [0.3, 0.4) is 0 Å². The van der Waals surface area contributed by atoms with Crippen molar-refractivity contribution in [1.29, 1.82) is 0 Å². The second-order valence-corrected chi connectivity index (χ2v) is 3.64. The van der Waals surface area contributed by atoms with Crippen LogP contribution < -0.4 is 0 Å². The summed E-state index contributed by atoms with van der Waals surface area (Å²) < 4.78 is 0. The lowest BCUT2D eigenvalue weighted by molar-refractivity contribution is -0.115. The molecular formula is C7H10Cl2O. The third-order valence-electron chi connectivity index (χ3n) is 1.97. The van der Waals surface area contributed by atoms with Gasteiger partial charge in [-0.1, -0.05) is 12.8 Å². The summed E-state index contributed by atoms with van der Waals surface area (Å²) in [4.78, 5) is 10.7. The molecule has 0 heterocycles. The predicted molar refractivity (Wildman–Crippen MR) is 42.5 cm³/mol. The van der Waals surface area contributed by atoms with E-state index in [2.05, 4.69) is 0 Å². The first-order valence-electron chi connectivity index (χ1n) is 3.55. The molecule has 0 aliphatic heterocycles. The largest absolute Gasteiger partial charge is 0.281 e. The topological polar surface area (TPSA) is 17.1 Å². The van der Waals surface area contributed by atoms with Gasteiger partial charge < -0.3 is 0 Å². The summed E-state index contributed by atoms with van der Waals surface area (Å²) in [5.41, 5.74) is 0. The molecule has 1 saturated carbocycles. The first kappa shape index (κ1) is 8.35. The van der Waals surface area contributed by atoms with Crippen LogP contribution in [-0.2, 0) is 4.79 Å². The van der Waals surface area contributed by atoms with Crippen LogP contribution in [0.15, 0.2) is 0 Å². The highest BCUT2D eigenvalue weighted by Gasteiger charge is 2.27. The van der Waals surface area contributed by atoms with Gasteiger partial charge in [-0.05, 0) is 24.4 Å². The van der Waals surface area contributed by atoms with E-state index in [0.717, 1.165) is 25.7 Å². The fraction of sp³-hybridized carbons (Fsp3) is 0.857. The molecule has 0 aromatic rings. The molecule has 0 amide bonds. The molecular weight excluding hydrogens is 171 g/mol. The molecule has 3 heteroatoms. The molecule has 1 nitrogen and oxygen atoms in total. The van der Waals surface area contributed by atoms with Crippen molar-refractivity contribution >= 4 is 28.4 Å². The van der Waals surface area contributed by atoms with Crippen LogP contribution in [-0.4, -0.2) is 10.6 Å². The van der Waals surface area contributed by atoms with Crippen LogP contribution in [0, 0.1) is 5.92 Å². The standard InChI is InChI=1S/C7H10Cl2O/c8-6-4-2-1-3-5(6)7(9)10/h5-6H,1-4H2/t5-,6+/m0/s1. The summed E-state index contributed by atoms with van der Waals surface area (Å²) in [5.74, 6) is -0.0860. The zero-order chi connectivity index (χ0) is 7.56. The Morgan fingerprint density at radius 2 is 1.90 bits per heavy atom. The Balaban J connectivity index is 2.47. The first-order valence-corrected chi connectivity index (χ1v) is 4.36. The number of carbonyl (C=O) groups is 1.